The number of nitrogens with two attached hydrogens (primary N) is 1. The molecular weight excluding hydrogens is 449 g/mol. The highest BCUT2D eigenvalue weighted by atomic mass is 19.1. The molecule has 2 aliphatic rings. The molecule has 3 N–H and O–H groups in total. The van der Waals surface area contributed by atoms with Gasteiger partial charge in [0.15, 0.2) is 5.82 Å². The van der Waals surface area contributed by atoms with Gasteiger partial charge in [0.1, 0.15) is 23.6 Å². The van der Waals surface area contributed by atoms with Crippen LogP contribution in [0.2, 0.25) is 0 Å². The highest BCUT2D eigenvalue weighted by Gasteiger charge is 2.35. The molecule has 2 atom stereocenters. The maximum atomic E-state index is 14.9. The van der Waals surface area contributed by atoms with Crippen LogP contribution < -0.4 is 15.8 Å². The van der Waals surface area contributed by atoms with Gasteiger partial charge >= 0.3 is 0 Å². The van der Waals surface area contributed by atoms with Crippen molar-refractivity contribution in [3.05, 3.63) is 35.8 Å². The van der Waals surface area contributed by atoms with Crippen LogP contribution in [-0.4, -0.2) is 69.3 Å². The largest absolute Gasteiger partial charge is 0.480 e. The van der Waals surface area contributed by atoms with E-state index in [1.807, 2.05) is 13.0 Å². The first-order valence-electron chi connectivity index (χ1n) is 12.2. The Hall–Kier alpha value is -3.27. The SMILES string of the molecule is COc1ncc(-c2cc(C)c3c(N)ncnn23)cc1C(=O)NC1CN(CC2CCCCC2)CC1F. The van der Waals surface area contributed by atoms with Crippen LogP contribution in [0.25, 0.3) is 16.8 Å². The highest BCUT2D eigenvalue weighted by Crippen LogP contribution is 2.30. The number of likely N-dealkylation sites (tertiary alicyclic amines) is 1. The molecule has 2 fully saturated rings. The Labute approximate surface area is 203 Å². The van der Waals surface area contributed by atoms with Crippen molar-refractivity contribution in [2.45, 2.75) is 51.2 Å². The summed E-state index contributed by atoms with van der Waals surface area (Å²) in [4.78, 5) is 23.8. The Morgan fingerprint density at radius 2 is 2.03 bits per heavy atom. The fourth-order valence-corrected chi connectivity index (χ4v) is 5.48. The van der Waals surface area contributed by atoms with Gasteiger partial charge in [-0.1, -0.05) is 19.3 Å². The van der Waals surface area contributed by atoms with E-state index in [4.69, 9.17) is 10.5 Å². The van der Waals surface area contributed by atoms with Crippen molar-refractivity contribution in [2.75, 3.05) is 32.5 Å². The fraction of sp³-hybridized carbons (Fsp3) is 0.520. The number of aryl methyl sites for hydroxylation is 1. The van der Waals surface area contributed by atoms with Crippen molar-refractivity contribution in [2.24, 2.45) is 5.92 Å². The maximum absolute atomic E-state index is 14.9. The van der Waals surface area contributed by atoms with Gasteiger partial charge in [-0.3, -0.25) is 9.69 Å². The minimum Gasteiger partial charge on any atom is -0.480 e. The van der Waals surface area contributed by atoms with E-state index in [0.29, 0.717) is 35.9 Å². The monoisotopic (exact) mass is 481 g/mol. The molecule has 0 aromatic carbocycles. The molecule has 0 spiro atoms. The lowest BCUT2D eigenvalue weighted by molar-refractivity contribution is 0.0919. The lowest BCUT2D eigenvalue weighted by atomic mass is 9.89. The smallest absolute Gasteiger partial charge is 0.257 e. The molecule has 1 aliphatic heterocycles. The van der Waals surface area contributed by atoms with E-state index in [1.54, 1.807) is 16.8 Å². The second kappa shape index (κ2) is 9.77. The summed E-state index contributed by atoms with van der Waals surface area (Å²) in [7, 11) is 1.46. The van der Waals surface area contributed by atoms with Crippen LogP contribution in [0.4, 0.5) is 10.2 Å². The number of nitrogens with one attached hydrogen (secondary N) is 1. The molecule has 1 saturated carbocycles. The van der Waals surface area contributed by atoms with Gasteiger partial charge in [0.25, 0.3) is 5.91 Å². The molecule has 5 rings (SSSR count). The Morgan fingerprint density at radius 1 is 1.23 bits per heavy atom. The average molecular weight is 482 g/mol. The van der Waals surface area contributed by atoms with Gasteiger partial charge < -0.3 is 15.8 Å². The summed E-state index contributed by atoms with van der Waals surface area (Å²) < 4.78 is 21.9. The van der Waals surface area contributed by atoms with E-state index in [-0.39, 0.29) is 11.4 Å². The second-order valence-corrected chi connectivity index (χ2v) is 9.72. The van der Waals surface area contributed by atoms with Crippen molar-refractivity contribution < 1.29 is 13.9 Å². The molecule has 1 amide bonds. The predicted octanol–water partition coefficient (Wildman–Crippen LogP) is 3.02. The highest BCUT2D eigenvalue weighted by molar-refractivity contribution is 5.98. The Morgan fingerprint density at radius 3 is 2.80 bits per heavy atom. The van der Waals surface area contributed by atoms with Crippen LogP contribution in [-0.2, 0) is 0 Å². The number of carbonyl (C=O) groups excluding carboxylic acids is 1. The number of nitrogen functional groups attached to an aromatic ring is 1. The molecule has 186 valence electrons. The van der Waals surface area contributed by atoms with Crippen molar-refractivity contribution in [3.63, 3.8) is 0 Å². The summed E-state index contributed by atoms with van der Waals surface area (Å²) in [5.41, 5.74) is 9.28. The molecule has 1 aliphatic carbocycles. The van der Waals surface area contributed by atoms with Crippen molar-refractivity contribution in [1.29, 1.82) is 0 Å². The third-order valence-corrected chi connectivity index (χ3v) is 7.24. The number of ether oxygens (including phenoxy) is 1. The third kappa shape index (κ3) is 4.67. The number of rotatable bonds is 6. The summed E-state index contributed by atoms with van der Waals surface area (Å²) in [6.45, 7) is 3.69. The van der Waals surface area contributed by atoms with Crippen LogP contribution in [0, 0.1) is 12.8 Å². The topological polar surface area (TPSA) is 111 Å². The van der Waals surface area contributed by atoms with Crippen LogP contribution in [0.15, 0.2) is 24.7 Å². The molecule has 35 heavy (non-hydrogen) atoms. The lowest BCUT2D eigenvalue weighted by Crippen LogP contribution is -2.41. The van der Waals surface area contributed by atoms with E-state index in [1.165, 1.54) is 45.5 Å². The number of carbonyl (C=O) groups is 1. The number of fused-ring (bicyclic) bond motifs is 1. The second-order valence-electron chi connectivity index (χ2n) is 9.72. The number of anilines is 1. The first-order valence-corrected chi connectivity index (χ1v) is 12.2. The number of alkyl halides is 1. The molecule has 3 aromatic heterocycles. The van der Waals surface area contributed by atoms with Crippen molar-refractivity contribution in [3.8, 4) is 17.1 Å². The average Bonchev–Trinajstić information content (AvgIpc) is 3.38. The Bertz CT molecular complexity index is 1220. The summed E-state index contributed by atoms with van der Waals surface area (Å²) in [6, 6.07) is 3.05. The van der Waals surface area contributed by atoms with E-state index in [9.17, 15) is 9.18 Å². The molecule has 4 heterocycles. The zero-order valence-electron chi connectivity index (χ0n) is 20.2. The van der Waals surface area contributed by atoms with E-state index >= 15 is 0 Å². The molecule has 3 aromatic rings. The summed E-state index contributed by atoms with van der Waals surface area (Å²) in [5.74, 6) is 0.779. The van der Waals surface area contributed by atoms with Gasteiger partial charge in [0, 0.05) is 31.4 Å². The minimum atomic E-state index is -1.11. The van der Waals surface area contributed by atoms with E-state index in [2.05, 4.69) is 25.3 Å². The molecule has 0 radical (unpaired) electrons. The summed E-state index contributed by atoms with van der Waals surface area (Å²) in [5, 5.41) is 7.21. The number of hydrogen-bond donors (Lipinski definition) is 2. The van der Waals surface area contributed by atoms with E-state index < -0.39 is 18.1 Å². The van der Waals surface area contributed by atoms with Crippen molar-refractivity contribution >= 4 is 17.2 Å². The van der Waals surface area contributed by atoms with Crippen LogP contribution in [0.1, 0.15) is 48.0 Å². The number of aromatic nitrogens is 4. The van der Waals surface area contributed by atoms with Gasteiger partial charge in [-0.2, -0.15) is 5.10 Å². The number of nitrogens with zero attached hydrogens (tertiary/aromatic N) is 5. The zero-order valence-corrected chi connectivity index (χ0v) is 20.2. The minimum absolute atomic E-state index is 0.186. The molecule has 2 unspecified atom stereocenters. The number of hydrogen-bond acceptors (Lipinski definition) is 7. The fourth-order valence-electron chi connectivity index (χ4n) is 5.48. The summed E-state index contributed by atoms with van der Waals surface area (Å²) >= 11 is 0. The van der Waals surface area contributed by atoms with Gasteiger partial charge in [-0.15, -0.1) is 0 Å². The molecule has 1 saturated heterocycles. The van der Waals surface area contributed by atoms with E-state index in [0.717, 1.165) is 17.8 Å². The quantitative estimate of drug-likeness (QED) is 0.557. The normalized spacial score (nSPS) is 21.5. The van der Waals surface area contributed by atoms with Gasteiger partial charge in [0.05, 0.1) is 18.8 Å². The lowest BCUT2D eigenvalue weighted by Gasteiger charge is -2.26. The number of halogens is 1. The molecule has 0 bridgehead atoms. The van der Waals surface area contributed by atoms with Crippen LogP contribution >= 0.6 is 0 Å². The number of pyridine rings is 1. The maximum Gasteiger partial charge on any atom is 0.257 e. The Balaban J connectivity index is 1.36. The number of methoxy groups -OCH3 is 1. The first-order chi connectivity index (χ1) is 16.9. The molecular formula is C25H32FN7O2. The van der Waals surface area contributed by atoms with Crippen LogP contribution in [0.5, 0.6) is 5.88 Å². The third-order valence-electron chi connectivity index (χ3n) is 7.24. The zero-order chi connectivity index (χ0) is 24.5. The predicted molar refractivity (Wildman–Crippen MR) is 131 cm³/mol. The van der Waals surface area contributed by atoms with Crippen LogP contribution in [0.3, 0.4) is 0 Å². The molecule has 10 heteroatoms. The van der Waals surface area contributed by atoms with Gasteiger partial charge in [0.2, 0.25) is 5.88 Å². The van der Waals surface area contributed by atoms with Gasteiger partial charge in [-0.05, 0) is 43.4 Å². The summed E-state index contributed by atoms with van der Waals surface area (Å²) in [6.07, 6.45) is 8.14. The number of amides is 1. The molecule has 9 nitrogen and oxygen atoms in total. The Kier molecular flexibility index (Phi) is 6.55. The first kappa shape index (κ1) is 23.5. The van der Waals surface area contributed by atoms with Gasteiger partial charge in [-0.25, -0.2) is 18.9 Å². The van der Waals surface area contributed by atoms with Crippen molar-refractivity contribution in [1.82, 2.24) is 29.8 Å². The standard InChI is InChI=1S/C25H32FN7O2/c1-15-8-21(33-22(15)23(27)29-14-30-33)17-9-18(25(35-2)28-10-17)24(34)31-20-13-32(12-19(20)26)11-16-6-4-3-5-7-16/h8-10,14,16,19-20H,3-7,11-13H2,1-2H3,(H,31,34)(H2,27,29,30).